The topological polar surface area (TPSA) is 115 Å². The molecule has 0 spiro atoms. The lowest BCUT2D eigenvalue weighted by Crippen LogP contribution is -2.29. The third-order valence-electron chi connectivity index (χ3n) is 5.69. The number of hydrogen-bond acceptors (Lipinski definition) is 8. The molecule has 2 heterocycles. The molecule has 3 aromatic rings. The van der Waals surface area contributed by atoms with E-state index in [2.05, 4.69) is 26.6 Å². The van der Waals surface area contributed by atoms with Crippen molar-refractivity contribution in [2.75, 3.05) is 56.2 Å². The maximum Gasteiger partial charge on any atom is 0.227 e. The highest BCUT2D eigenvalue weighted by Crippen LogP contribution is 2.38. The van der Waals surface area contributed by atoms with Gasteiger partial charge in [0.25, 0.3) is 0 Å². The number of aliphatic imine (C=N–C) groups is 1. The molecule has 0 radical (unpaired) electrons. The maximum atomic E-state index is 9.24. The first-order valence-electron chi connectivity index (χ1n) is 11.0. The van der Waals surface area contributed by atoms with E-state index in [4.69, 9.17) is 15.7 Å². The fraction of sp³-hybridized carbons (Fsp3) is 0.280. The number of rotatable bonds is 5. The van der Waals surface area contributed by atoms with E-state index in [0.717, 1.165) is 66.4 Å². The first-order valence-corrected chi connectivity index (χ1v) is 11.0. The molecule has 0 amide bonds. The van der Waals surface area contributed by atoms with Crippen molar-refractivity contribution in [1.82, 2.24) is 15.3 Å². The van der Waals surface area contributed by atoms with Crippen molar-refractivity contribution in [3.05, 3.63) is 53.6 Å². The average Bonchev–Trinajstić information content (AvgIpc) is 3.14. The molecule has 0 aliphatic carbocycles. The molecule has 1 saturated heterocycles. The van der Waals surface area contributed by atoms with Crippen molar-refractivity contribution in [1.29, 1.82) is 5.26 Å². The molecule has 8 nitrogen and oxygen atoms in total. The molecule has 8 heteroatoms. The monoisotopic (exact) mass is 440 g/mol. The second-order valence-corrected chi connectivity index (χ2v) is 7.86. The zero-order valence-electron chi connectivity index (χ0n) is 19.0. The lowest BCUT2D eigenvalue weighted by Gasteiger charge is -2.23. The molecule has 0 saturated carbocycles. The van der Waals surface area contributed by atoms with Gasteiger partial charge in [0.2, 0.25) is 5.95 Å². The average molecular weight is 441 g/mol. The minimum atomic E-state index is 0.607. The first kappa shape index (κ1) is 22.2. The van der Waals surface area contributed by atoms with Crippen LogP contribution >= 0.6 is 0 Å². The SMILES string of the molecule is CN=Cc1cc(-c2c(NC)nc(N3CCCNCC3)nc2-c2ccc(C#N)cc2)ccc1N. The molecule has 1 fully saturated rings. The number of anilines is 3. The molecule has 0 bridgehead atoms. The second kappa shape index (κ2) is 10.1. The van der Waals surface area contributed by atoms with Crippen LogP contribution < -0.4 is 21.3 Å². The second-order valence-electron chi connectivity index (χ2n) is 7.86. The normalized spacial score (nSPS) is 14.2. The Bertz CT molecular complexity index is 1190. The fourth-order valence-electron chi connectivity index (χ4n) is 3.98. The van der Waals surface area contributed by atoms with Crippen molar-refractivity contribution >= 4 is 23.7 Å². The Balaban J connectivity index is 1.94. The summed E-state index contributed by atoms with van der Waals surface area (Å²) in [5, 5.41) is 15.9. The van der Waals surface area contributed by atoms with Gasteiger partial charge in [-0.05, 0) is 42.8 Å². The highest BCUT2D eigenvalue weighted by Gasteiger charge is 2.21. The molecule has 4 rings (SSSR count). The number of nitrogen functional groups attached to an aromatic ring is 1. The lowest BCUT2D eigenvalue weighted by molar-refractivity contribution is 0.724. The molecule has 33 heavy (non-hydrogen) atoms. The Kier molecular flexibility index (Phi) is 6.81. The summed E-state index contributed by atoms with van der Waals surface area (Å²) in [7, 11) is 3.59. The third-order valence-corrected chi connectivity index (χ3v) is 5.69. The van der Waals surface area contributed by atoms with Crippen molar-refractivity contribution in [2.24, 2.45) is 4.99 Å². The van der Waals surface area contributed by atoms with Crippen LogP contribution in [0.3, 0.4) is 0 Å². The van der Waals surface area contributed by atoms with E-state index in [1.165, 1.54) is 0 Å². The van der Waals surface area contributed by atoms with Crippen LogP contribution in [0.25, 0.3) is 22.4 Å². The van der Waals surface area contributed by atoms with Crippen molar-refractivity contribution in [3.8, 4) is 28.5 Å². The van der Waals surface area contributed by atoms with Gasteiger partial charge in [-0.3, -0.25) is 4.99 Å². The van der Waals surface area contributed by atoms with E-state index in [1.54, 1.807) is 13.3 Å². The smallest absolute Gasteiger partial charge is 0.227 e. The molecule has 0 atom stereocenters. The molecule has 1 aliphatic rings. The number of benzene rings is 2. The van der Waals surface area contributed by atoms with E-state index in [1.807, 2.05) is 49.5 Å². The number of hydrogen-bond donors (Lipinski definition) is 3. The summed E-state index contributed by atoms with van der Waals surface area (Å²) >= 11 is 0. The summed E-state index contributed by atoms with van der Waals surface area (Å²) in [5.41, 5.74) is 11.8. The summed E-state index contributed by atoms with van der Waals surface area (Å²) in [4.78, 5) is 16.3. The number of nitrogens with two attached hydrogens (primary N) is 1. The summed E-state index contributed by atoms with van der Waals surface area (Å²) < 4.78 is 0. The number of nitrogens with one attached hydrogen (secondary N) is 2. The van der Waals surface area contributed by atoms with Crippen LogP contribution in [0.1, 0.15) is 17.5 Å². The largest absolute Gasteiger partial charge is 0.398 e. The van der Waals surface area contributed by atoms with Crippen molar-refractivity contribution in [2.45, 2.75) is 6.42 Å². The van der Waals surface area contributed by atoms with Gasteiger partial charge >= 0.3 is 0 Å². The van der Waals surface area contributed by atoms with Gasteiger partial charge in [0, 0.05) is 56.8 Å². The predicted octanol–water partition coefficient (Wildman–Crippen LogP) is 3.15. The summed E-state index contributed by atoms with van der Waals surface area (Å²) in [5.74, 6) is 1.43. The maximum absolute atomic E-state index is 9.24. The molecule has 4 N–H and O–H groups in total. The van der Waals surface area contributed by atoms with Gasteiger partial charge in [-0.25, -0.2) is 4.98 Å². The van der Waals surface area contributed by atoms with E-state index in [-0.39, 0.29) is 0 Å². The molecule has 1 aromatic heterocycles. The highest BCUT2D eigenvalue weighted by atomic mass is 15.3. The van der Waals surface area contributed by atoms with Crippen LogP contribution in [0.5, 0.6) is 0 Å². The Morgan fingerprint density at radius 3 is 2.64 bits per heavy atom. The molecule has 0 unspecified atom stereocenters. The van der Waals surface area contributed by atoms with E-state index in [0.29, 0.717) is 17.2 Å². The van der Waals surface area contributed by atoms with Gasteiger partial charge in [0.05, 0.1) is 22.9 Å². The molecule has 1 aliphatic heterocycles. The Hall–Kier alpha value is -3.96. The van der Waals surface area contributed by atoms with Crippen LogP contribution in [0, 0.1) is 11.3 Å². The van der Waals surface area contributed by atoms with Crippen LogP contribution in [0.4, 0.5) is 17.5 Å². The number of aromatic nitrogens is 2. The molecular weight excluding hydrogens is 412 g/mol. The van der Waals surface area contributed by atoms with E-state index < -0.39 is 0 Å². The number of nitriles is 1. The lowest BCUT2D eigenvalue weighted by atomic mass is 9.97. The fourth-order valence-corrected chi connectivity index (χ4v) is 3.98. The van der Waals surface area contributed by atoms with Crippen LogP contribution in [0.2, 0.25) is 0 Å². The van der Waals surface area contributed by atoms with Crippen LogP contribution in [-0.4, -0.2) is 56.5 Å². The van der Waals surface area contributed by atoms with Crippen LogP contribution in [0.15, 0.2) is 47.5 Å². The van der Waals surface area contributed by atoms with Gasteiger partial charge in [0.1, 0.15) is 5.82 Å². The van der Waals surface area contributed by atoms with Crippen molar-refractivity contribution in [3.63, 3.8) is 0 Å². The summed E-state index contributed by atoms with van der Waals surface area (Å²) in [6, 6.07) is 15.5. The summed E-state index contributed by atoms with van der Waals surface area (Å²) in [6.45, 7) is 3.61. The molecule has 2 aromatic carbocycles. The zero-order valence-corrected chi connectivity index (χ0v) is 19.0. The third kappa shape index (κ3) is 4.78. The number of nitrogens with zero attached hydrogens (tertiary/aromatic N) is 5. The zero-order chi connectivity index (χ0) is 23.2. The van der Waals surface area contributed by atoms with Gasteiger partial charge in [0.15, 0.2) is 0 Å². The molecular formula is C25H28N8. The van der Waals surface area contributed by atoms with Gasteiger partial charge in [-0.1, -0.05) is 18.2 Å². The Morgan fingerprint density at radius 1 is 1.12 bits per heavy atom. The standard InChI is InChI=1S/C25H28N8/c1-28-16-20-14-19(8-9-21(20)27)22-23(18-6-4-17(15-26)5-7-18)31-25(32-24(22)29-2)33-12-3-10-30-11-13-33/h4-9,14,16,30H,3,10-13,27H2,1-2H3,(H,29,31,32). The van der Waals surface area contributed by atoms with Gasteiger partial charge in [-0.2, -0.15) is 10.2 Å². The quantitative estimate of drug-likeness (QED) is 0.412. The minimum absolute atomic E-state index is 0.607. The first-order chi connectivity index (χ1) is 16.1. The van der Waals surface area contributed by atoms with Crippen LogP contribution in [-0.2, 0) is 0 Å². The van der Waals surface area contributed by atoms with E-state index >= 15 is 0 Å². The molecule has 168 valence electrons. The van der Waals surface area contributed by atoms with Gasteiger partial charge < -0.3 is 21.3 Å². The van der Waals surface area contributed by atoms with Gasteiger partial charge in [-0.15, -0.1) is 0 Å². The predicted molar refractivity (Wildman–Crippen MR) is 135 cm³/mol. The van der Waals surface area contributed by atoms with Crippen molar-refractivity contribution < 1.29 is 0 Å². The van der Waals surface area contributed by atoms with E-state index in [9.17, 15) is 5.26 Å². The minimum Gasteiger partial charge on any atom is -0.398 e. The Labute approximate surface area is 194 Å². The highest BCUT2D eigenvalue weighted by molar-refractivity contribution is 5.94. The summed E-state index contributed by atoms with van der Waals surface area (Å²) in [6.07, 6.45) is 2.78. The Morgan fingerprint density at radius 2 is 1.91 bits per heavy atom.